The maximum atomic E-state index is 6.29. The molecule has 0 fully saturated rings. The van der Waals surface area contributed by atoms with Gasteiger partial charge in [-0.1, -0.05) is 27.7 Å². The summed E-state index contributed by atoms with van der Waals surface area (Å²) in [6.45, 7) is 11.3. The van der Waals surface area contributed by atoms with Crippen molar-refractivity contribution >= 4 is 27.3 Å². The van der Waals surface area contributed by atoms with Gasteiger partial charge in [0.15, 0.2) is 0 Å². The van der Waals surface area contributed by atoms with Crippen molar-refractivity contribution in [2.75, 3.05) is 0 Å². The van der Waals surface area contributed by atoms with Crippen molar-refractivity contribution in [2.45, 2.75) is 47.1 Å². The highest BCUT2D eigenvalue weighted by molar-refractivity contribution is 9.11. The Morgan fingerprint density at radius 3 is 2.38 bits per heavy atom. The first-order chi connectivity index (χ1) is 7.21. The first kappa shape index (κ1) is 14.2. The number of nitrogens with two attached hydrogens (primary N) is 1. The summed E-state index contributed by atoms with van der Waals surface area (Å²) in [7, 11) is 0. The third-order valence-corrected chi connectivity index (χ3v) is 4.98. The molecule has 0 aromatic carbocycles. The third kappa shape index (κ3) is 3.57. The Balaban J connectivity index is 2.73. The Kier molecular flexibility index (Phi) is 4.61. The van der Waals surface area contributed by atoms with Crippen LogP contribution in [0.3, 0.4) is 0 Å². The molecule has 0 bridgehead atoms. The van der Waals surface area contributed by atoms with E-state index in [1.807, 2.05) is 0 Å². The SMILES string of the molecule is Cc1sc(Br)cc1C(N)CC(C)C(C)(C)C. The third-order valence-electron chi connectivity index (χ3n) is 3.41. The lowest BCUT2D eigenvalue weighted by Gasteiger charge is -2.29. The molecule has 92 valence electrons. The molecule has 0 radical (unpaired) electrons. The Labute approximate surface area is 112 Å². The Morgan fingerprint density at radius 2 is 2.00 bits per heavy atom. The molecule has 0 aliphatic rings. The minimum absolute atomic E-state index is 0.164. The lowest BCUT2D eigenvalue weighted by atomic mass is 9.78. The van der Waals surface area contributed by atoms with Crippen LogP contribution < -0.4 is 5.73 Å². The Bertz CT molecular complexity index is 351. The maximum Gasteiger partial charge on any atom is 0.0704 e. The largest absolute Gasteiger partial charge is 0.324 e. The van der Waals surface area contributed by atoms with Crippen molar-refractivity contribution in [3.05, 3.63) is 20.3 Å². The van der Waals surface area contributed by atoms with E-state index >= 15 is 0 Å². The fraction of sp³-hybridized carbons (Fsp3) is 0.692. The molecule has 2 atom stereocenters. The normalized spacial score (nSPS) is 16.2. The molecule has 2 unspecified atom stereocenters. The zero-order chi connectivity index (χ0) is 12.5. The number of rotatable bonds is 3. The van der Waals surface area contributed by atoms with Crippen molar-refractivity contribution < 1.29 is 0 Å². The zero-order valence-electron chi connectivity index (χ0n) is 10.8. The molecule has 1 rings (SSSR count). The predicted octanol–water partition coefficient (Wildman–Crippen LogP) is 4.89. The fourth-order valence-electron chi connectivity index (χ4n) is 1.69. The number of hydrogen-bond acceptors (Lipinski definition) is 2. The van der Waals surface area contributed by atoms with Gasteiger partial charge in [-0.2, -0.15) is 0 Å². The van der Waals surface area contributed by atoms with Crippen molar-refractivity contribution in [2.24, 2.45) is 17.1 Å². The summed E-state index contributed by atoms with van der Waals surface area (Å²) >= 11 is 5.29. The van der Waals surface area contributed by atoms with Gasteiger partial charge < -0.3 is 5.73 Å². The van der Waals surface area contributed by atoms with Gasteiger partial charge in [-0.05, 0) is 52.2 Å². The summed E-state index contributed by atoms with van der Waals surface area (Å²) in [5.74, 6) is 0.626. The number of thiophene rings is 1. The summed E-state index contributed by atoms with van der Waals surface area (Å²) in [4.78, 5) is 1.33. The van der Waals surface area contributed by atoms with Crippen LogP contribution in [0, 0.1) is 18.3 Å². The predicted molar refractivity (Wildman–Crippen MR) is 76.9 cm³/mol. The van der Waals surface area contributed by atoms with Gasteiger partial charge in [0, 0.05) is 10.9 Å². The topological polar surface area (TPSA) is 26.0 Å². The number of halogens is 1. The second kappa shape index (κ2) is 5.19. The quantitative estimate of drug-likeness (QED) is 0.845. The van der Waals surface area contributed by atoms with Crippen LogP contribution in [0.25, 0.3) is 0 Å². The lowest BCUT2D eigenvalue weighted by Crippen LogP contribution is -2.23. The van der Waals surface area contributed by atoms with Crippen molar-refractivity contribution in [3.63, 3.8) is 0 Å². The highest BCUT2D eigenvalue weighted by atomic mass is 79.9. The average molecular weight is 304 g/mol. The molecule has 0 saturated carbocycles. The molecule has 0 spiro atoms. The highest BCUT2D eigenvalue weighted by Gasteiger charge is 2.23. The van der Waals surface area contributed by atoms with E-state index in [-0.39, 0.29) is 6.04 Å². The molecule has 16 heavy (non-hydrogen) atoms. The summed E-state index contributed by atoms with van der Waals surface area (Å²) < 4.78 is 1.18. The van der Waals surface area contributed by atoms with Gasteiger partial charge in [0.1, 0.15) is 0 Å². The van der Waals surface area contributed by atoms with Crippen molar-refractivity contribution in [3.8, 4) is 0 Å². The molecule has 2 N–H and O–H groups in total. The van der Waals surface area contributed by atoms with Crippen LogP contribution in [-0.4, -0.2) is 0 Å². The molecule has 3 heteroatoms. The summed E-state index contributed by atoms with van der Waals surface area (Å²) in [6, 6.07) is 2.33. The number of hydrogen-bond donors (Lipinski definition) is 1. The Hall–Kier alpha value is 0.140. The van der Waals surface area contributed by atoms with E-state index in [0.29, 0.717) is 11.3 Å². The summed E-state index contributed by atoms with van der Waals surface area (Å²) in [5, 5.41) is 0. The van der Waals surface area contributed by atoms with Crippen LogP contribution in [-0.2, 0) is 0 Å². The van der Waals surface area contributed by atoms with Gasteiger partial charge in [-0.3, -0.25) is 0 Å². The van der Waals surface area contributed by atoms with Gasteiger partial charge in [-0.15, -0.1) is 11.3 Å². The molecular formula is C13H22BrNS. The monoisotopic (exact) mass is 303 g/mol. The molecule has 1 nitrogen and oxygen atoms in total. The van der Waals surface area contributed by atoms with Crippen LogP contribution in [0.2, 0.25) is 0 Å². The van der Waals surface area contributed by atoms with Crippen molar-refractivity contribution in [1.82, 2.24) is 0 Å². The average Bonchev–Trinajstić information content (AvgIpc) is 2.43. The minimum Gasteiger partial charge on any atom is -0.324 e. The summed E-state index contributed by atoms with van der Waals surface area (Å²) in [5.41, 5.74) is 7.92. The second-order valence-corrected chi connectivity index (χ2v) is 8.31. The first-order valence-electron chi connectivity index (χ1n) is 5.73. The highest BCUT2D eigenvalue weighted by Crippen LogP contribution is 2.36. The van der Waals surface area contributed by atoms with Gasteiger partial charge in [0.2, 0.25) is 0 Å². The van der Waals surface area contributed by atoms with E-state index in [4.69, 9.17) is 5.73 Å². The van der Waals surface area contributed by atoms with Gasteiger partial charge in [0.05, 0.1) is 3.79 Å². The molecule has 0 amide bonds. The second-order valence-electron chi connectivity index (χ2n) is 5.67. The van der Waals surface area contributed by atoms with Crippen LogP contribution >= 0.6 is 27.3 Å². The molecule has 1 aromatic rings. The van der Waals surface area contributed by atoms with Crippen LogP contribution in [0.4, 0.5) is 0 Å². The summed E-state index contributed by atoms with van der Waals surface area (Å²) in [6.07, 6.45) is 1.05. The van der Waals surface area contributed by atoms with Gasteiger partial charge in [0.25, 0.3) is 0 Å². The van der Waals surface area contributed by atoms with Gasteiger partial charge >= 0.3 is 0 Å². The molecule has 0 aliphatic carbocycles. The van der Waals surface area contributed by atoms with E-state index in [9.17, 15) is 0 Å². The lowest BCUT2D eigenvalue weighted by molar-refractivity contribution is 0.234. The van der Waals surface area contributed by atoms with Gasteiger partial charge in [-0.25, -0.2) is 0 Å². The number of aryl methyl sites for hydroxylation is 1. The van der Waals surface area contributed by atoms with E-state index in [1.54, 1.807) is 11.3 Å². The van der Waals surface area contributed by atoms with Crippen molar-refractivity contribution in [1.29, 1.82) is 0 Å². The zero-order valence-corrected chi connectivity index (χ0v) is 13.2. The minimum atomic E-state index is 0.164. The van der Waals surface area contributed by atoms with E-state index < -0.39 is 0 Å². The molecule has 1 heterocycles. The standard InChI is InChI=1S/C13H22BrNS/c1-8(13(3,4)5)6-11(15)10-7-12(14)16-9(10)2/h7-8,11H,6,15H2,1-5H3. The van der Waals surface area contributed by atoms with Crippen LogP contribution in [0.1, 0.15) is 50.6 Å². The van der Waals surface area contributed by atoms with E-state index in [2.05, 4.69) is 56.6 Å². The molecule has 1 aromatic heterocycles. The van der Waals surface area contributed by atoms with Crippen LogP contribution in [0.5, 0.6) is 0 Å². The molecule has 0 aliphatic heterocycles. The van der Waals surface area contributed by atoms with E-state index in [0.717, 1.165) is 6.42 Å². The molecular weight excluding hydrogens is 282 g/mol. The van der Waals surface area contributed by atoms with Crippen LogP contribution in [0.15, 0.2) is 9.85 Å². The maximum absolute atomic E-state index is 6.29. The first-order valence-corrected chi connectivity index (χ1v) is 7.34. The smallest absolute Gasteiger partial charge is 0.0704 e. The molecule has 0 saturated heterocycles. The van der Waals surface area contributed by atoms with E-state index in [1.165, 1.54) is 14.2 Å². The fourth-order valence-corrected chi connectivity index (χ4v) is 3.47. The Morgan fingerprint density at radius 1 is 1.44 bits per heavy atom.